The van der Waals surface area contributed by atoms with Crippen LogP contribution in [0.3, 0.4) is 0 Å². The Morgan fingerprint density at radius 1 is 0.462 bits per heavy atom. The number of hydrogen-bond donors (Lipinski definition) is 0. The van der Waals surface area contributed by atoms with Gasteiger partial charge in [-0.2, -0.15) is 0 Å². The number of aromatic nitrogens is 1. The second-order valence-electron chi connectivity index (χ2n) is 6.46. The minimum atomic E-state index is 1.04. The summed E-state index contributed by atoms with van der Waals surface area (Å²) in [6, 6.07) is 33.9. The van der Waals surface area contributed by atoms with Gasteiger partial charge in [-0.1, -0.05) is 97.1 Å². The molecule has 0 fully saturated rings. The van der Waals surface area contributed by atoms with Crippen LogP contribution in [0.5, 0.6) is 0 Å². The molecule has 1 heteroatoms. The van der Waals surface area contributed by atoms with Crippen LogP contribution in [-0.4, -0.2) is 4.98 Å². The van der Waals surface area contributed by atoms with Crippen molar-refractivity contribution in [3.63, 3.8) is 0 Å². The zero-order chi connectivity index (χ0) is 17.3. The largest absolute Gasteiger partial charge is 0.255 e. The molecule has 0 radical (unpaired) electrons. The summed E-state index contributed by atoms with van der Waals surface area (Å²) >= 11 is 0. The van der Waals surface area contributed by atoms with Crippen molar-refractivity contribution in [2.24, 2.45) is 0 Å². The average molecular weight is 331 g/mol. The van der Waals surface area contributed by atoms with Gasteiger partial charge in [0.25, 0.3) is 0 Å². The topological polar surface area (TPSA) is 12.9 Å². The summed E-state index contributed by atoms with van der Waals surface area (Å²) in [4.78, 5) is 4.90. The normalized spacial score (nSPS) is 11.1. The van der Waals surface area contributed by atoms with Crippen LogP contribution in [0.4, 0.5) is 0 Å². The molecule has 1 aromatic heterocycles. The Hall–Kier alpha value is -3.45. The predicted octanol–water partition coefficient (Wildman–Crippen LogP) is 6.72. The molecule has 0 aliphatic carbocycles. The van der Waals surface area contributed by atoms with E-state index in [4.69, 9.17) is 4.98 Å². The van der Waals surface area contributed by atoms with E-state index in [0.717, 1.165) is 5.69 Å². The molecule has 26 heavy (non-hydrogen) atoms. The zero-order valence-electron chi connectivity index (χ0n) is 14.3. The van der Waals surface area contributed by atoms with E-state index in [-0.39, 0.29) is 0 Å². The Morgan fingerprint density at radius 3 is 1.96 bits per heavy atom. The van der Waals surface area contributed by atoms with Crippen LogP contribution in [0.15, 0.2) is 103 Å². The molecule has 0 saturated carbocycles. The number of benzene rings is 4. The van der Waals surface area contributed by atoms with Gasteiger partial charge < -0.3 is 0 Å². The van der Waals surface area contributed by atoms with Crippen LogP contribution in [0.2, 0.25) is 0 Å². The van der Waals surface area contributed by atoms with Gasteiger partial charge in [0.15, 0.2) is 0 Å². The molecule has 1 nitrogen and oxygen atoms in total. The summed E-state index contributed by atoms with van der Waals surface area (Å²) in [5.74, 6) is 0. The van der Waals surface area contributed by atoms with Crippen molar-refractivity contribution in [2.75, 3.05) is 0 Å². The molecule has 1 heterocycles. The Labute approximate surface area is 152 Å². The van der Waals surface area contributed by atoms with Crippen molar-refractivity contribution < 1.29 is 0 Å². The van der Waals surface area contributed by atoms with Crippen LogP contribution in [0.1, 0.15) is 0 Å². The van der Waals surface area contributed by atoms with Gasteiger partial charge in [-0.3, -0.25) is 4.98 Å². The first-order valence-electron chi connectivity index (χ1n) is 8.83. The van der Waals surface area contributed by atoms with Crippen molar-refractivity contribution in [2.45, 2.75) is 0 Å². The van der Waals surface area contributed by atoms with E-state index in [1.54, 1.807) is 0 Å². The van der Waals surface area contributed by atoms with E-state index in [2.05, 4.69) is 91.0 Å². The smallest absolute Gasteiger partial charge is 0.0786 e. The van der Waals surface area contributed by atoms with Crippen LogP contribution in [0.25, 0.3) is 43.9 Å². The monoisotopic (exact) mass is 331 g/mol. The van der Waals surface area contributed by atoms with E-state index < -0.39 is 0 Å². The second-order valence-corrected chi connectivity index (χ2v) is 6.46. The van der Waals surface area contributed by atoms with Gasteiger partial charge in [-0.05, 0) is 21.7 Å². The Bertz CT molecular complexity index is 1220. The second kappa shape index (κ2) is 6.12. The number of pyridine rings is 1. The van der Waals surface area contributed by atoms with Gasteiger partial charge in [-0.15, -0.1) is 0 Å². The Balaban J connectivity index is 1.83. The summed E-state index contributed by atoms with van der Waals surface area (Å²) in [5, 5.41) is 4.89. The third-order valence-electron chi connectivity index (χ3n) is 4.92. The van der Waals surface area contributed by atoms with Gasteiger partial charge in [0.05, 0.1) is 5.69 Å². The third-order valence-corrected chi connectivity index (χ3v) is 4.92. The van der Waals surface area contributed by atoms with Gasteiger partial charge >= 0.3 is 0 Å². The molecule has 0 saturated heterocycles. The molecular formula is C25H17N. The number of nitrogens with zero attached hydrogens (tertiary/aromatic N) is 1. The standard InChI is InChI=1S/C25H17N/c1-2-9-19(10-3-1)24-17-26-25(23-15-7-6-14-21(23)24)22-16-8-12-18-11-4-5-13-20(18)22/h1-17H. The van der Waals surface area contributed by atoms with Gasteiger partial charge in [0, 0.05) is 22.7 Å². The predicted molar refractivity (Wildman–Crippen MR) is 110 cm³/mol. The number of rotatable bonds is 2. The van der Waals surface area contributed by atoms with Crippen LogP contribution < -0.4 is 0 Å². The molecule has 0 bridgehead atoms. The van der Waals surface area contributed by atoms with Crippen molar-refractivity contribution >= 4 is 21.5 Å². The average Bonchev–Trinajstić information content (AvgIpc) is 2.73. The molecule has 0 atom stereocenters. The highest BCUT2D eigenvalue weighted by Crippen LogP contribution is 2.36. The minimum Gasteiger partial charge on any atom is -0.255 e. The first-order chi connectivity index (χ1) is 12.9. The highest BCUT2D eigenvalue weighted by molar-refractivity contribution is 6.07. The van der Waals surface area contributed by atoms with Crippen molar-refractivity contribution in [3.05, 3.63) is 103 Å². The molecule has 4 aromatic carbocycles. The summed E-state index contributed by atoms with van der Waals surface area (Å²) in [7, 11) is 0. The third kappa shape index (κ3) is 2.37. The highest BCUT2D eigenvalue weighted by atomic mass is 14.7. The Morgan fingerprint density at radius 2 is 1.12 bits per heavy atom. The van der Waals surface area contributed by atoms with E-state index in [0.29, 0.717) is 0 Å². The zero-order valence-corrected chi connectivity index (χ0v) is 14.3. The van der Waals surface area contributed by atoms with Crippen molar-refractivity contribution in [3.8, 4) is 22.4 Å². The summed E-state index contributed by atoms with van der Waals surface area (Å²) in [5.41, 5.74) is 4.59. The SMILES string of the molecule is c1ccc(-c2cnc(-c3cccc4ccccc34)c3ccccc23)cc1. The molecule has 0 unspecified atom stereocenters. The fourth-order valence-electron chi connectivity index (χ4n) is 3.69. The minimum absolute atomic E-state index is 1.04. The first kappa shape index (κ1) is 14.9. The van der Waals surface area contributed by atoms with E-state index in [1.807, 2.05) is 12.3 Å². The fraction of sp³-hybridized carbons (Fsp3) is 0. The first-order valence-corrected chi connectivity index (χ1v) is 8.83. The van der Waals surface area contributed by atoms with Crippen LogP contribution in [0, 0.1) is 0 Å². The molecule has 0 amide bonds. The van der Waals surface area contributed by atoms with Crippen LogP contribution >= 0.6 is 0 Å². The van der Waals surface area contributed by atoms with Gasteiger partial charge in [0.2, 0.25) is 0 Å². The van der Waals surface area contributed by atoms with Crippen LogP contribution in [-0.2, 0) is 0 Å². The maximum atomic E-state index is 4.90. The van der Waals surface area contributed by atoms with E-state index in [9.17, 15) is 0 Å². The lowest BCUT2D eigenvalue weighted by atomic mass is 9.95. The molecule has 122 valence electrons. The van der Waals surface area contributed by atoms with Crippen molar-refractivity contribution in [1.82, 2.24) is 4.98 Å². The molecule has 0 aliphatic rings. The van der Waals surface area contributed by atoms with E-state index >= 15 is 0 Å². The summed E-state index contributed by atoms with van der Waals surface area (Å²) in [6.07, 6.45) is 2.01. The fourth-order valence-corrected chi connectivity index (χ4v) is 3.69. The quantitative estimate of drug-likeness (QED) is 0.350. The molecule has 0 aliphatic heterocycles. The van der Waals surface area contributed by atoms with Crippen molar-refractivity contribution in [1.29, 1.82) is 0 Å². The van der Waals surface area contributed by atoms with E-state index in [1.165, 1.54) is 38.2 Å². The molecule has 5 rings (SSSR count). The lowest BCUT2D eigenvalue weighted by Crippen LogP contribution is -1.91. The van der Waals surface area contributed by atoms with Gasteiger partial charge in [-0.25, -0.2) is 0 Å². The highest BCUT2D eigenvalue weighted by Gasteiger charge is 2.12. The Kier molecular flexibility index (Phi) is 3.50. The maximum absolute atomic E-state index is 4.90. The lowest BCUT2D eigenvalue weighted by Gasteiger charge is -2.12. The maximum Gasteiger partial charge on any atom is 0.0786 e. The molecule has 5 aromatic rings. The summed E-state index contributed by atoms with van der Waals surface area (Å²) < 4.78 is 0. The molecule has 0 spiro atoms. The number of hydrogen-bond acceptors (Lipinski definition) is 1. The number of fused-ring (bicyclic) bond motifs is 2. The molecule has 0 N–H and O–H groups in total. The van der Waals surface area contributed by atoms with Gasteiger partial charge in [0.1, 0.15) is 0 Å². The summed E-state index contributed by atoms with van der Waals surface area (Å²) in [6.45, 7) is 0. The molecular weight excluding hydrogens is 314 g/mol. The lowest BCUT2D eigenvalue weighted by molar-refractivity contribution is 1.36.